The molecule has 0 aromatic heterocycles. The zero-order chi connectivity index (χ0) is 14.5. The minimum Gasteiger partial charge on any atom is -0.508 e. The van der Waals surface area contributed by atoms with Crippen LogP contribution >= 0.6 is 0 Å². The third-order valence-corrected chi connectivity index (χ3v) is 3.20. The van der Waals surface area contributed by atoms with E-state index in [-0.39, 0.29) is 17.6 Å². The van der Waals surface area contributed by atoms with Crippen molar-refractivity contribution in [2.45, 2.75) is 19.4 Å². The van der Waals surface area contributed by atoms with E-state index in [9.17, 15) is 13.9 Å². The monoisotopic (exact) mass is 277 g/mol. The van der Waals surface area contributed by atoms with Gasteiger partial charge < -0.3 is 10.4 Å². The summed E-state index contributed by atoms with van der Waals surface area (Å²) in [4.78, 5) is 0. The predicted molar refractivity (Wildman–Crippen MR) is 74.6 cm³/mol. The van der Waals surface area contributed by atoms with Gasteiger partial charge in [0.2, 0.25) is 0 Å². The van der Waals surface area contributed by atoms with Gasteiger partial charge in [0.15, 0.2) is 0 Å². The molecule has 2 nitrogen and oxygen atoms in total. The van der Waals surface area contributed by atoms with Crippen molar-refractivity contribution in [3.05, 3.63) is 65.2 Å². The highest BCUT2D eigenvalue weighted by atomic mass is 19.1. The Morgan fingerprint density at radius 1 is 1.15 bits per heavy atom. The van der Waals surface area contributed by atoms with Gasteiger partial charge in [-0.25, -0.2) is 8.78 Å². The Morgan fingerprint density at radius 3 is 2.65 bits per heavy atom. The summed E-state index contributed by atoms with van der Waals surface area (Å²) in [6.07, 6.45) is 0.668. The van der Waals surface area contributed by atoms with Gasteiger partial charge in [-0.1, -0.05) is 18.2 Å². The first-order valence-corrected chi connectivity index (χ1v) is 6.52. The lowest BCUT2D eigenvalue weighted by Crippen LogP contribution is -2.22. The summed E-state index contributed by atoms with van der Waals surface area (Å²) >= 11 is 0. The number of nitrogens with one attached hydrogen (secondary N) is 1. The van der Waals surface area contributed by atoms with E-state index in [1.165, 1.54) is 18.2 Å². The van der Waals surface area contributed by atoms with Crippen molar-refractivity contribution in [1.82, 2.24) is 5.32 Å². The largest absolute Gasteiger partial charge is 0.508 e. The molecular weight excluding hydrogens is 260 g/mol. The second-order valence-electron chi connectivity index (χ2n) is 4.76. The number of hydrogen-bond donors (Lipinski definition) is 2. The minimum absolute atomic E-state index is 0.0850. The highest BCUT2D eigenvalue weighted by Gasteiger charge is 2.10. The summed E-state index contributed by atoms with van der Waals surface area (Å²) in [7, 11) is 0. The van der Waals surface area contributed by atoms with Crippen LogP contribution in [0.3, 0.4) is 0 Å². The maximum Gasteiger partial charge on any atom is 0.131 e. The fraction of sp³-hybridized carbons (Fsp3) is 0.250. The third kappa shape index (κ3) is 3.78. The highest BCUT2D eigenvalue weighted by molar-refractivity contribution is 5.29. The number of aromatic hydroxyl groups is 1. The number of rotatable bonds is 5. The van der Waals surface area contributed by atoms with Gasteiger partial charge in [-0.2, -0.15) is 0 Å². The topological polar surface area (TPSA) is 32.3 Å². The number of benzene rings is 2. The average molecular weight is 277 g/mol. The van der Waals surface area contributed by atoms with E-state index in [0.29, 0.717) is 18.5 Å². The van der Waals surface area contributed by atoms with E-state index in [1.54, 1.807) is 12.1 Å². The zero-order valence-electron chi connectivity index (χ0n) is 11.2. The van der Waals surface area contributed by atoms with Crippen LogP contribution in [-0.2, 0) is 6.42 Å². The molecule has 0 heterocycles. The SMILES string of the molecule is CC(NCCc1cccc(F)c1)c1ccc(O)cc1F. The summed E-state index contributed by atoms with van der Waals surface area (Å²) in [5.74, 6) is -0.769. The van der Waals surface area contributed by atoms with Crippen molar-refractivity contribution in [1.29, 1.82) is 0 Å². The first kappa shape index (κ1) is 14.5. The molecular formula is C16H17F2NO. The zero-order valence-corrected chi connectivity index (χ0v) is 11.2. The quantitative estimate of drug-likeness (QED) is 0.875. The fourth-order valence-electron chi connectivity index (χ4n) is 2.10. The summed E-state index contributed by atoms with van der Waals surface area (Å²) in [5.41, 5.74) is 1.40. The molecule has 0 saturated heterocycles. The van der Waals surface area contributed by atoms with Gasteiger partial charge in [0.1, 0.15) is 17.4 Å². The van der Waals surface area contributed by atoms with Crippen LogP contribution in [0.25, 0.3) is 0 Å². The van der Waals surface area contributed by atoms with Gasteiger partial charge in [-0.15, -0.1) is 0 Å². The van der Waals surface area contributed by atoms with Gasteiger partial charge in [0.25, 0.3) is 0 Å². The Hall–Kier alpha value is -1.94. The van der Waals surface area contributed by atoms with Crippen LogP contribution in [0.2, 0.25) is 0 Å². The van der Waals surface area contributed by atoms with E-state index in [4.69, 9.17) is 0 Å². The number of phenolic OH excluding ortho intramolecular Hbond substituents is 1. The normalized spacial score (nSPS) is 12.3. The lowest BCUT2D eigenvalue weighted by Gasteiger charge is -2.15. The molecule has 0 bridgehead atoms. The van der Waals surface area contributed by atoms with Crippen LogP contribution < -0.4 is 5.32 Å². The molecule has 0 fully saturated rings. The molecule has 2 rings (SSSR count). The van der Waals surface area contributed by atoms with Crippen molar-refractivity contribution in [2.24, 2.45) is 0 Å². The molecule has 0 aliphatic rings. The maximum absolute atomic E-state index is 13.7. The molecule has 20 heavy (non-hydrogen) atoms. The first-order chi connectivity index (χ1) is 9.56. The second kappa shape index (κ2) is 6.48. The predicted octanol–water partition coefficient (Wildman–Crippen LogP) is 3.56. The smallest absolute Gasteiger partial charge is 0.131 e. The molecule has 2 N–H and O–H groups in total. The van der Waals surface area contributed by atoms with E-state index < -0.39 is 5.82 Å². The van der Waals surface area contributed by atoms with Crippen molar-refractivity contribution in [3.8, 4) is 5.75 Å². The molecule has 106 valence electrons. The molecule has 0 aliphatic heterocycles. The van der Waals surface area contributed by atoms with Crippen LogP contribution in [-0.4, -0.2) is 11.7 Å². The highest BCUT2D eigenvalue weighted by Crippen LogP contribution is 2.20. The van der Waals surface area contributed by atoms with Gasteiger partial charge >= 0.3 is 0 Å². The molecule has 1 unspecified atom stereocenters. The van der Waals surface area contributed by atoms with Crippen LogP contribution in [0.5, 0.6) is 5.75 Å². The first-order valence-electron chi connectivity index (χ1n) is 6.52. The van der Waals surface area contributed by atoms with Crippen LogP contribution in [0, 0.1) is 11.6 Å². The van der Waals surface area contributed by atoms with E-state index in [2.05, 4.69) is 5.32 Å². The van der Waals surface area contributed by atoms with Crippen molar-refractivity contribution in [2.75, 3.05) is 6.54 Å². The van der Waals surface area contributed by atoms with Crippen LogP contribution in [0.15, 0.2) is 42.5 Å². The maximum atomic E-state index is 13.7. The number of phenols is 1. The molecule has 0 amide bonds. The summed E-state index contributed by atoms with van der Waals surface area (Å²) < 4.78 is 26.7. The molecule has 0 saturated carbocycles. The standard InChI is InChI=1S/C16H17F2NO/c1-11(15-6-5-14(20)10-16(15)18)19-8-7-12-3-2-4-13(17)9-12/h2-6,9-11,19-20H,7-8H2,1H3. The van der Waals surface area contributed by atoms with Gasteiger partial charge in [0, 0.05) is 17.7 Å². The van der Waals surface area contributed by atoms with Crippen LogP contribution in [0.4, 0.5) is 8.78 Å². The third-order valence-electron chi connectivity index (χ3n) is 3.20. The molecule has 0 radical (unpaired) electrons. The molecule has 1 atom stereocenters. The Balaban J connectivity index is 1.90. The van der Waals surface area contributed by atoms with E-state index in [0.717, 1.165) is 11.6 Å². The summed E-state index contributed by atoms with van der Waals surface area (Å²) in [6.45, 7) is 2.46. The Kier molecular flexibility index (Phi) is 4.69. The summed E-state index contributed by atoms with van der Waals surface area (Å²) in [6, 6.07) is 10.4. The number of hydrogen-bond acceptors (Lipinski definition) is 2. The van der Waals surface area contributed by atoms with E-state index in [1.807, 2.05) is 13.0 Å². The van der Waals surface area contributed by atoms with Crippen molar-refractivity contribution >= 4 is 0 Å². The van der Waals surface area contributed by atoms with Crippen LogP contribution in [0.1, 0.15) is 24.1 Å². The second-order valence-corrected chi connectivity index (χ2v) is 4.76. The molecule has 0 spiro atoms. The average Bonchev–Trinajstić information content (AvgIpc) is 2.38. The summed E-state index contributed by atoms with van der Waals surface area (Å²) in [5, 5.41) is 12.4. The number of halogens is 2. The van der Waals surface area contributed by atoms with Gasteiger partial charge in [0.05, 0.1) is 0 Å². The van der Waals surface area contributed by atoms with E-state index >= 15 is 0 Å². The Morgan fingerprint density at radius 2 is 1.95 bits per heavy atom. The lowest BCUT2D eigenvalue weighted by atomic mass is 10.1. The Labute approximate surface area is 117 Å². The lowest BCUT2D eigenvalue weighted by molar-refractivity contribution is 0.464. The van der Waals surface area contributed by atoms with Crippen molar-refractivity contribution < 1.29 is 13.9 Å². The van der Waals surface area contributed by atoms with Gasteiger partial charge in [-0.3, -0.25) is 0 Å². The molecule has 2 aromatic carbocycles. The van der Waals surface area contributed by atoms with Gasteiger partial charge in [-0.05, 0) is 43.7 Å². The Bertz CT molecular complexity index is 586. The fourth-order valence-corrected chi connectivity index (χ4v) is 2.10. The molecule has 0 aliphatic carbocycles. The molecule has 4 heteroatoms. The minimum atomic E-state index is -0.434. The molecule has 2 aromatic rings. The van der Waals surface area contributed by atoms with Crippen molar-refractivity contribution in [3.63, 3.8) is 0 Å².